The van der Waals surface area contributed by atoms with E-state index >= 15 is 0 Å². The molecular weight excluding hydrogens is 248 g/mol. The SMILES string of the molecule is CC1CCN(c2ncnc3c2CCCCC3)CC1CN. The number of anilines is 1. The first-order valence-electron chi connectivity index (χ1n) is 8.07. The smallest absolute Gasteiger partial charge is 0.135 e. The Hall–Kier alpha value is -1.16. The van der Waals surface area contributed by atoms with Crippen LogP contribution in [-0.2, 0) is 12.8 Å². The average molecular weight is 274 g/mol. The molecule has 1 fully saturated rings. The molecule has 0 aromatic carbocycles. The van der Waals surface area contributed by atoms with Crippen molar-refractivity contribution >= 4 is 5.82 Å². The van der Waals surface area contributed by atoms with Gasteiger partial charge in [-0.05, 0) is 50.5 Å². The molecule has 1 aromatic rings. The van der Waals surface area contributed by atoms with Crippen molar-refractivity contribution in [2.75, 3.05) is 24.5 Å². The average Bonchev–Trinajstić information content (AvgIpc) is 2.73. The van der Waals surface area contributed by atoms with Crippen molar-refractivity contribution < 1.29 is 0 Å². The second kappa shape index (κ2) is 6.08. The Labute approximate surface area is 121 Å². The summed E-state index contributed by atoms with van der Waals surface area (Å²) in [5.41, 5.74) is 8.64. The van der Waals surface area contributed by atoms with E-state index in [-0.39, 0.29) is 0 Å². The van der Waals surface area contributed by atoms with Crippen molar-refractivity contribution in [2.24, 2.45) is 17.6 Å². The molecular formula is C16H26N4. The quantitative estimate of drug-likeness (QED) is 0.840. The van der Waals surface area contributed by atoms with E-state index in [9.17, 15) is 0 Å². The molecule has 0 amide bonds. The molecule has 1 aromatic heterocycles. The molecule has 0 radical (unpaired) electrons. The molecule has 2 heterocycles. The number of nitrogens with two attached hydrogens (primary N) is 1. The van der Waals surface area contributed by atoms with Crippen LogP contribution >= 0.6 is 0 Å². The van der Waals surface area contributed by atoms with Gasteiger partial charge in [-0.1, -0.05) is 13.3 Å². The summed E-state index contributed by atoms with van der Waals surface area (Å²) in [5.74, 6) is 2.53. The summed E-state index contributed by atoms with van der Waals surface area (Å²) in [7, 11) is 0. The summed E-state index contributed by atoms with van der Waals surface area (Å²) < 4.78 is 0. The molecule has 0 bridgehead atoms. The highest BCUT2D eigenvalue weighted by Gasteiger charge is 2.28. The summed E-state index contributed by atoms with van der Waals surface area (Å²) in [6, 6.07) is 0. The Morgan fingerprint density at radius 2 is 2.10 bits per heavy atom. The molecule has 110 valence electrons. The van der Waals surface area contributed by atoms with E-state index < -0.39 is 0 Å². The van der Waals surface area contributed by atoms with Crippen LogP contribution in [0.2, 0.25) is 0 Å². The lowest BCUT2D eigenvalue weighted by Gasteiger charge is -2.38. The van der Waals surface area contributed by atoms with Crippen molar-refractivity contribution in [3.63, 3.8) is 0 Å². The van der Waals surface area contributed by atoms with Crippen molar-refractivity contribution in [1.82, 2.24) is 9.97 Å². The van der Waals surface area contributed by atoms with Gasteiger partial charge in [-0.3, -0.25) is 0 Å². The number of fused-ring (bicyclic) bond motifs is 1. The van der Waals surface area contributed by atoms with Crippen LogP contribution in [0.25, 0.3) is 0 Å². The van der Waals surface area contributed by atoms with Gasteiger partial charge >= 0.3 is 0 Å². The van der Waals surface area contributed by atoms with Gasteiger partial charge < -0.3 is 10.6 Å². The van der Waals surface area contributed by atoms with Crippen molar-refractivity contribution in [3.05, 3.63) is 17.6 Å². The molecule has 2 unspecified atom stereocenters. The maximum absolute atomic E-state index is 5.94. The van der Waals surface area contributed by atoms with Crippen LogP contribution in [0.15, 0.2) is 6.33 Å². The van der Waals surface area contributed by atoms with Crippen LogP contribution in [0.5, 0.6) is 0 Å². The van der Waals surface area contributed by atoms with E-state index in [2.05, 4.69) is 21.8 Å². The minimum atomic E-state index is 0.597. The fourth-order valence-electron chi connectivity index (χ4n) is 3.60. The maximum Gasteiger partial charge on any atom is 0.135 e. The van der Waals surface area contributed by atoms with Crippen molar-refractivity contribution in [2.45, 2.75) is 45.4 Å². The normalized spacial score (nSPS) is 27.0. The van der Waals surface area contributed by atoms with Gasteiger partial charge in [0.15, 0.2) is 0 Å². The Kier molecular flexibility index (Phi) is 4.20. The van der Waals surface area contributed by atoms with Gasteiger partial charge in [0, 0.05) is 24.3 Å². The first kappa shape index (κ1) is 13.8. The topological polar surface area (TPSA) is 55.0 Å². The molecule has 2 atom stereocenters. The van der Waals surface area contributed by atoms with Gasteiger partial charge in [0.25, 0.3) is 0 Å². The molecule has 0 saturated carbocycles. The van der Waals surface area contributed by atoms with Gasteiger partial charge in [0.1, 0.15) is 12.1 Å². The van der Waals surface area contributed by atoms with Crippen LogP contribution in [0.4, 0.5) is 5.82 Å². The second-order valence-corrected chi connectivity index (χ2v) is 6.39. The number of aromatic nitrogens is 2. The molecule has 20 heavy (non-hydrogen) atoms. The van der Waals surface area contributed by atoms with Crippen LogP contribution in [0.1, 0.15) is 43.9 Å². The number of piperidine rings is 1. The Morgan fingerprint density at radius 3 is 2.95 bits per heavy atom. The second-order valence-electron chi connectivity index (χ2n) is 6.39. The monoisotopic (exact) mass is 274 g/mol. The molecule has 4 nitrogen and oxygen atoms in total. The first-order chi connectivity index (χ1) is 9.79. The third kappa shape index (κ3) is 2.66. The van der Waals surface area contributed by atoms with E-state index in [4.69, 9.17) is 5.73 Å². The standard InChI is InChI=1S/C16H26N4/c1-12-7-8-20(10-13(12)9-17)16-14-5-3-2-4-6-15(14)18-11-19-16/h11-13H,2-10,17H2,1H3. The highest BCUT2D eigenvalue weighted by Crippen LogP contribution is 2.31. The van der Waals surface area contributed by atoms with Gasteiger partial charge in [0.05, 0.1) is 0 Å². The number of hydrogen-bond donors (Lipinski definition) is 1. The predicted molar refractivity (Wildman–Crippen MR) is 81.8 cm³/mol. The largest absolute Gasteiger partial charge is 0.356 e. The van der Waals surface area contributed by atoms with Crippen molar-refractivity contribution in [1.29, 1.82) is 0 Å². The van der Waals surface area contributed by atoms with Crippen molar-refractivity contribution in [3.8, 4) is 0 Å². The van der Waals surface area contributed by atoms with Crippen LogP contribution in [0, 0.1) is 11.8 Å². The lowest BCUT2D eigenvalue weighted by molar-refractivity contribution is 0.306. The van der Waals surface area contributed by atoms with Gasteiger partial charge in [-0.15, -0.1) is 0 Å². The zero-order chi connectivity index (χ0) is 13.9. The van der Waals surface area contributed by atoms with Gasteiger partial charge in [0.2, 0.25) is 0 Å². The predicted octanol–water partition coefficient (Wildman–Crippen LogP) is 2.17. The summed E-state index contributed by atoms with van der Waals surface area (Å²) >= 11 is 0. The lowest BCUT2D eigenvalue weighted by Crippen LogP contribution is -2.43. The fourth-order valence-corrected chi connectivity index (χ4v) is 3.60. The van der Waals surface area contributed by atoms with Crippen LogP contribution in [0.3, 0.4) is 0 Å². The molecule has 1 aliphatic heterocycles. The third-order valence-electron chi connectivity index (χ3n) is 5.07. The summed E-state index contributed by atoms with van der Waals surface area (Å²) in [4.78, 5) is 11.6. The van der Waals surface area contributed by atoms with E-state index in [0.717, 1.165) is 38.4 Å². The van der Waals surface area contributed by atoms with Crippen LogP contribution < -0.4 is 10.6 Å². The fraction of sp³-hybridized carbons (Fsp3) is 0.750. The molecule has 2 N–H and O–H groups in total. The first-order valence-corrected chi connectivity index (χ1v) is 8.07. The van der Waals surface area contributed by atoms with Gasteiger partial charge in [-0.2, -0.15) is 0 Å². The third-order valence-corrected chi connectivity index (χ3v) is 5.07. The van der Waals surface area contributed by atoms with E-state index in [1.807, 2.05) is 0 Å². The lowest BCUT2D eigenvalue weighted by atomic mass is 9.87. The zero-order valence-corrected chi connectivity index (χ0v) is 12.5. The van der Waals surface area contributed by atoms with Gasteiger partial charge in [-0.25, -0.2) is 9.97 Å². The number of nitrogens with zero attached hydrogens (tertiary/aromatic N) is 3. The zero-order valence-electron chi connectivity index (χ0n) is 12.5. The highest BCUT2D eigenvalue weighted by atomic mass is 15.2. The number of hydrogen-bond acceptors (Lipinski definition) is 4. The minimum Gasteiger partial charge on any atom is -0.356 e. The Morgan fingerprint density at radius 1 is 1.25 bits per heavy atom. The molecule has 1 saturated heterocycles. The number of rotatable bonds is 2. The molecule has 2 aliphatic rings. The van der Waals surface area contributed by atoms with E-state index in [0.29, 0.717) is 5.92 Å². The maximum atomic E-state index is 5.94. The summed E-state index contributed by atoms with van der Waals surface area (Å²) in [5, 5.41) is 0. The highest BCUT2D eigenvalue weighted by molar-refractivity contribution is 5.49. The van der Waals surface area contributed by atoms with Crippen LogP contribution in [-0.4, -0.2) is 29.6 Å². The number of aryl methyl sites for hydroxylation is 1. The molecule has 3 rings (SSSR count). The summed E-state index contributed by atoms with van der Waals surface area (Å²) in [6.45, 7) is 5.28. The molecule has 1 aliphatic carbocycles. The summed E-state index contributed by atoms with van der Waals surface area (Å²) in [6.07, 6.45) is 9.11. The molecule has 0 spiro atoms. The minimum absolute atomic E-state index is 0.597. The Balaban J connectivity index is 1.86. The molecule has 4 heteroatoms. The van der Waals surface area contributed by atoms with E-state index in [1.165, 1.54) is 42.8 Å². The Bertz CT molecular complexity index is 460. The van der Waals surface area contributed by atoms with E-state index in [1.54, 1.807) is 6.33 Å².